The Bertz CT molecular complexity index is 934. The maximum absolute atomic E-state index is 6.12. The third-order valence-electron chi connectivity index (χ3n) is 5.73. The monoisotopic (exact) mass is 388 g/mol. The van der Waals surface area contributed by atoms with Gasteiger partial charge in [-0.25, -0.2) is 4.98 Å². The van der Waals surface area contributed by atoms with E-state index in [1.54, 1.807) is 0 Å². The summed E-state index contributed by atoms with van der Waals surface area (Å²) in [4.78, 5) is 8.85. The van der Waals surface area contributed by atoms with Crippen molar-refractivity contribution in [3.63, 3.8) is 0 Å². The van der Waals surface area contributed by atoms with Crippen molar-refractivity contribution < 1.29 is 4.74 Å². The van der Waals surface area contributed by atoms with Crippen LogP contribution in [0.1, 0.15) is 51.2 Å². The highest BCUT2D eigenvalue weighted by molar-refractivity contribution is 5.74. The van der Waals surface area contributed by atoms with E-state index in [-0.39, 0.29) is 6.10 Å². The lowest BCUT2D eigenvalue weighted by atomic mass is 9.95. The number of nitrogens with zero attached hydrogens (tertiary/aromatic N) is 2. The normalized spacial score (nSPS) is 13.1. The van der Waals surface area contributed by atoms with E-state index in [4.69, 9.17) is 4.74 Å². The average molecular weight is 389 g/mol. The summed E-state index contributed by atoms with van der Waals surface area (Å²) in [5.41, 5.74) is 7.15. The Labute approximate surface area is 175 Å². The van der Waals surface area contributed by atoms with Crippen molar-refractivity contribution in [3.05, 3.63) is 66.1 Å². The summed E-state index contributed by atoms with van der Waals surface area (Å²) >= 11 is 0. The van der Waals surface area contributed by atoms with Crippen LogP contribution in [0.5, 0.6) is 5.88 Å². The first-order valence-electron chi connectivity index (χ1n) is 10.7. The van der Waals surface area contributed by atoms with Gasteiger partial charge in [-0.15, -0.1) is 0 Å². The molecule has 0 amide bonds. The minimum absolute atomic E-state index is 0.229. The Kier molecular flexibility index (Phi) is 7.03. The van der Waals surface area contributed by atoms with Gasteiger partial charge in [-0.2, -0.15) is 0 Å². The summed E-state index contributed by atoms with van der Waals surface area (Å²) in [7, 11) is 0. The second kappa shape index (κ2) is 9.69. The first-order chi connectivity index (χ1) is 14.0. The molecule has 0 fully saturated rings. The summed E-state index contributed by atoms with van der Waals surface area (Å²) in [6.45, 7) is 11.0. The van der Waals surface area contributed by atoms with Gasteiger partial charge in [0.15, 0.2) is 0 Å². The van der Waals surface area contributed by atoms with Crippen LogP contribution < -0.4 is 4.74 Å². The minimum Gasteiger partial charge on any atom is -0.474 e. The molecule has 152 valence electrons. The van der Waals surface area contributed by atoms with Crippen molar-refractivity contribution >= 4 is 0 Å². The predicted octanol–water partition coefficient (Wildman–Crippen LogP) is 7.02. The molecule has 2 atom stereocenters. The third-order valence-corrected chi connectivity index (χ3v) is 5.73. The van der Waals surface area contributed by atoms with E-state index in [1.165, 1.54) is 34.2 Å². The highest BCUT2D eigenvalue weighted by atomic mass is 16.5. The maximum atomic E-state index is 6.12. The number of rotatable bonds is 8. The van der Waals surface area contributed by atoms with Crippen molar-refractivity contribution in [1.29, 1.82) is 0 Å². The Hall–Kier alpha value is -2.68. The largest absolute Gasteiger partial charge is 0.474 e. The van der Waals surface area contributed by atoms with Crippen LogP contribution in [0.15, 0.2) is 55.0 Å². The summed E-state index contributed by atoms with van der Waals surface area (Å²) in [5.74, 6) is 1.38. The van der Waals surface area contributed by atoms with Gasteiger partial charge in [0.05, 0.1) is 0 Å². The number of aryl methyl sites for hydroxylation is 2. The standard InChI is InChI=1S/C26H32N2O/c1-6-18(3)14-23(7-2)29-26-11-9-22(16-28-26)21-8-10-24(20(5)15-21)25-17-27-13-12-19(25)4/h8-13,15-18,23H,6-7,14H2,1-5H3. The molecule has 0 spiro atoms. The first kappa shape index (κ1) is 21.0. The molecule has 3 heteroatoms. The summed E-state index contributed by atoms with van der Waals surface area (Å²) in [5, 5.41) is 0. The fourth-order valence-electron chi connectivity index (χ4n) is 3.60. The van der Waals surface area contributed by atoms with E-state index in [1.807, 2.05) is 24.7 Å². The van der Waals surface area contributed by atoms with E-state index in [2.05, 4.69) is 74.9 Å². The molecule has 29 heavy (non-hydrogen) atoms. The lowest BCUT2D eigenvalue weighted by Gasteiger charge is -2.20. The van der Waals surface area contributed by atoms with Crippen LogP contribution in [0, 0.1) is 19.8 Å². The highest BCUT2D eigenvalue weighted by Crippen LogP contribution is 2.30. The van der Waals surface area contributed by atoms with Crippen molar-refractivity contribution in [1.82, 2.24) is 9.97 Å². The topological polar surface area (TPSA) is 35.0 Å². The van der Waals surface area contributed by atoms with Crippen LogP contribution in [0.2, 0.25) is 0 Å². The number of aromatic nitrogens is 2. The molecular weight excluding hydrogens is 356 g/mol. The van der Waals surface area contributed by atoms with Gasteiger partial charge in [0.1, 0.15) is 6.10 Å². The van der Waals surface area contributed by atoms with E-state index in [0.29, 0.717) is 11.8 Å². The van der Waals surface area contributed by atoms with E-state index in [0.717, 1.165) is 18.4 Å². The highest BCUT2D eigenvalue weighted by Gasteiger charge is 2.13. The molecule has 0 bridgehead atoms. The zero-order valence-corrected chi connectivity index (χ0v) is 18.3. The van der Waals surface area contributed by atoms with Gasteiger partial charge in [-0.3, -0.25) is 4.98 Å². The van der Waals surface area contributed by atoms with Crippen LogP contribution in [0.4, 0.5) is 0 Å². The molecule has 2 heterocycles. The Morgan fingerprint density at radius 2 is 1.66 bits per heavy atom. The molecule has 1 aromatic carbocycles. The molecule has 0 N–H and O–H groups in total. The van der Waals surface area contributed by atoms with Crippen molar-refractivity contribution in [2.45, 2.75) is 60.0 Å². The Morgan fingerprint density at radius 1 is 0.862 bits per heavy atom. The molecule has 2 unspecified atom stereocenters. The van der Waals surface area contributed by atoms with Crippen LogP contribution in [-0.2, 0) is 0 Å². The molecule has 0 radical (unpaired) electrons. The molecule has 0 saturated carbocycles. The molecule has 3 rings (SSSR count). The molecule has 0 aliphatic carbocycles. The van der Waals surface area contributed by atoms with Gasteiger partial charge in [-0.1, -0.05) is 45.4 Å². The van der Waals surface area contributed by atoms with E-state index in [9.17, 15) is 0 Å². The fourth-order valence-corrected chi connectivity index (χ4v) is 3.60. The van der Waals surface area contributed by atoms with Crippen LogP contribution in [0.25, 0.3) is 22.3 Å². The Morgan fingerprint density at radius 3 is 2.28 bits per heavy atom. The number of ether oxygens (including phenoxy) is 1. The predicted molar refractivity (Wildman–Crippen MR) is 121 cm³/mol. The summed E-state index contributed by atoms with van der Waals surface area (Å²) < 4.78 is 6.12. The van der Waals surface area contributed by atoms with Gasteiger partial charge >= 0.3 is 0 Å². The van der Waals surface area contributed by atoms with Gasteiger partial charge in [0.2, 0.25) is 5.88 Å². The molecule has 2 aromatic heterocycles. The van der Waals surface area contributed by atoms with Gasteiger partial charge in [0.25, 0.3) is 0 Å². The maximum Gasteiger partial charge on any atom is 0.213 e. The third kappa shape index (κ3) is 5.23. The summed E-state index contributed by atoms with van der Waals surface area (Å²) in [6, 6.07) is 12.7. The SMILES string of the molecule is CCC(C)CC(CC)Oc1ccc(-c2ccc(-c3cnccc3C)c(C)c2)cn1. The van der Waals surface area contributed by atoms with Crippen molar-refractivity contribution in [3.8, 4) is 28.1 Å². The molecule has 0 aliphatic heterocycles. The zero-order chi connectivity index (χ0) is 20.8. The molecule has 0 saturated heterocycles. The van der Waals surface area contributed by atoms with Crippen molar-refractivity contribution in [2.75, 3.05) is 0 Å². The quantitative estimate of drug-likeness (QED) is 0.416. The van der Waals surface area contributed by atoms with Crippen LogP contribution in [0.3, 0.4) is 0 Å². The first-order valence-corrected chi connectivity index (χ1v) is 10.7. The average Bonchev–Trinajstić information content (AvgIpc) is 2.74. The minimum atomic E-state index is 0.229. The second-order valence-electron chi connectivity index (χ2n) is 8.00. The van der Waals surface area contributed by atoms with Gasteiger partial charge < -0.3 is 4.74 Å². The lowest BCUT2D eigenvalue weighted by Crippen LogP contribution is -2.19. The van der Waals surface area contributed by atoms with Crippen LogP contribution in [-0.4, -0.2) is 16.1 Å². The van der Waals surface area contributed by atoms with Gasteiger partial charge in [0, 0.05) is 35.8 Å². The molecular formula is C26H32N2O. The number of benzene rings is 1. The van der Waals surface area contributed by atoms with E-state index < -0.39 is 0 Å². The second-order valence-corrected chi connectivity index (χ2v) is 8.00. The summed E-state index contributed by atoms with van der Waals surface area (Å²) in [6.07, 6.45) is 9.17. The van der Waals surface area contributed by atoms with Crippen molar-refractivity contribution in [2.24, 2.45) is 5.92 Å². The molecule has 3 nitrogen and oxygen atoms in total. The Balaban J connectivity index is 1.76. The van der Waals surface area contributed by atoms with Gasteiger partial charge in [-0.05, 0) is 67.0 Å². The number of hydrogen-bond acceptors (Lipinski definition) is 3. The fraction of sp³-hybridized carbons (Fsp3) is 0.385. The smallest absolute Gasteiger partial charge is 0.213 e. The number of hydrogen-bond donors (Lipinski definition) is 0. The molecule has 3 aromatic rings. The number of pyridine rings is 2. The lowest BCUT2D eigenvalue weighted by molar-refractivity contribution is 0.159. The van der Waals surface area contributed by atoms with Crippen LogP contribution >= 0.6 is 0 Å². The van der Waals surface area contributed by atoms with E-state index >= 15 is 0 Å². The molecule has 0 aliphatic rings. The zero-order valence-electron chi connectivity index (χ0n) is 18.3.